The number of benzene rings is 1. The number of nitrogens with one attached hydrogen (secondary N) is 1. The van der Waals surface area contributed by atoms with Gasteiger partial charge in [-0.2, -0.15) is 0 Å². The van der Waals surface area contributed by atoms with Gasteiger partial charge < -0.3 is 11.1 Å². The fourth-order valence-corrected chi connectivity index (χ4v) is 1.64. The zero-order valence-corrected chi connectivity index (χ0v) is 10.8. The maximum atomic E-state index is 13.0. The van der Waals surface area contributed by atoms with Crippen molar-refractivity contribution in [2.75, 3.05) is 11.1 Å². The van der Waals surface area contributed by atoms with E-state index in [-0.39, 0.29) is 10.6 Å². The van der Waals surface area contributed by atoms with Crippen LogP contribution < -0.4 is 11.1 Å². The molecule has 0 aliphatic heterocycles. The smallest absolute Gasteiger partial charge is 0.256 e. The average molecular weight is 280 g/mol. The van der Waals surface area contributed by atoms with Crippen LogP contribution in [-0.2, 0) is 0 Å². The van der Waals surface area contributed by atoms with E-state index in [0.29, 0.717) is 11.5 Å². The Bertz CT molecular complexity index is 646. The largest absolute Gasteiger partial charge is 0.397 e. The van der Waals surface area contributed by atoms with Crippen molar-refractivity contribution >= 4 is 29.0 Å². The lowest BCUT2D eigenvalue weighted by Gasteiger charge is -2.07. The summed E-state index contributed by atoms with van der Waals surface area (Å²) in [7, 11) is 0. The molecule has 19 heavy (non-hydrogen) atoms. The number of nitrogens with zero attached hydrogens (tertiary/aromatic N) is 1. The molecular formula is C13H11ClFN3O. The minimum Gasteiger partial charge on any atom is -0.397 e. The Morgan fingerprint density at radius 1 is 1.42 bits per heavy atom. The summed E-state index contributed by atoms with van der Waals surface area (Å²) < 4.78 is 13.0. The van der Waals surface area contributed by atoms with Crippen molar-refractivity contribution in [3.8, 4) is 0 Å². The number of hydrogen-bond donors (Lipinski definition) is 2. The number of anilines is 2. The van der Waals surface area contributed by atoms with Crippen LogP contribution in [0.25, 0.3) is 0 Å². The number of amides is 1. The third kappa shape index (κ3) is 3.00. The van der Waals surface area contributed by atoms with Crippen molar-refractivity contribution < 1.29 is 9.18 Å². The van der Waals surface area contributed by atoms with E-state index in [2.05, 4.69) is 10.3 Å². The number of pyridine rings is 1. The average Bonchev–Trinajstić information content (AvgIpc) is 2.37. The molecule has 0 radical (unpaired) electrons. The molecule has 0 saturated heterocycles. The summed E-state index contributed by atoms with van der Waals surface area (Å²) in [6.45, 7) is 1.81. The Hall–Kier alpha value is -2.14. The summed E-state index contributed by atoms with van der Waals surface area (Å²) in [5.74, 6) is -0.615. The Morgan fingerprint density at radius 2 is 2.16 bits per heavy atom. The molecule has 1 amide bonds. The lowest BCUT2D eigenvalue weighted by atomic mass is 10.2. The van der Waals surface area contributed by atoms with E-state index in [1.165, 1.54) is 18.3 Å². The highest BCUT2D eigenvalue weighted by atomic mass is 35.5. The van der Waals surface area contributed by atoms with E-state index < -0.39 is 11.7 Å². The second-order valence-corrected chi connectivity index (χ2v) is 4.42. The molecule has 0 unspecified atom stereocenters. The third-order valence-electron chi connectivity index (χ3n) is 2.57. The molecule has 0 saturated carbocycles. The van der Waals surface area contributed by atoms with E-state index in [9.17, 15) is 9.18 Å². The van der Waals surface area contributed by atoms with E-state index >= 15 is 0 Å². The number of nitrogens with two attached hydrogens (primary N) is 1. The van der Waals surface area contributed by atoms with Gasteiger partial charge in [0.05, 0.1) is 16.9 Å². The highest BCUT2D eigenvalue weighted by molar-refractivity contribution is 6.31. The van der Waals surface area contributed by atoms with Crippen LogP contribution in [-0.4, -0.2) is 10.9 Å². The molecule has 1 heterocycles. The fraction of sp³-hybridized carbons (Fsp3) is 0.0769. The molecular weight excluding hydrogens is 269 g/mol. The van der Waals surface area contributed by atoms with Crippen molar-refractivity contribution in [2.45, 2.75) is 6.92 Å². The summed E-state index contributed by atoms with van der Waals surface area (Å²) in [5.41, 5.74) is 7.24. The zero-order chi connectivity index (χ0) is 14.0. The number of aromatic nitrogens is 1. The molecule has 0 spiro atoms. The quantitative estimate of drug-likeness (QED) is 0.888. The molecule has 1 aromatic heterocycles. The minimum absolute atomic E-state index is 0.103. The van der Waals surface area contributed by atoms with Gasteiger partial charge in [-0.1, -0.05) is 11.6 Å². The molecule has 98 valence electrons. The summed E-state index contributed by atoms with van der Waals surface area (Å²) in [6.07, 6.45) is 1.46. The van der Waals surface area contributed by atoms with Gasteiger partial charge in [0.1, 0.15) is 11.6 Å². The number of rotatable bonds is 2. The molecule has 0 fully saturated rings. The second kappa shape index (κ2) is 5.24. The monoisotopic (exact) mass is 279 g/mol. The number of halogens is 2. The highest BCUT2D eigenvalue weighted by Gasteiger charge is 2.10. The van der Waals surface area contributed by atoms with E-state index in [1.807, 2.05) is 0 Å². The number of hydrogen-bond acceptors (Lipinski definition) is 3. The van der Waals surface area contributed by atoms with E-state index in [4.69, 9.17) is 17.3 Å². The molecule has 6 heteroatoms. The van der Waals surface area contributed by atoms with Gasteiger partial charge in [0.25, 0.3) is 5.91 Å². The molecule has 0 atom stereocenters. The molecule has 1 aromatic carbocycles. The SMILES string of the molecule is Cc1cc(NC(=O)c2ccc(F)c(Cl)c2)ncc1N. The van der Waals surface area contributed by atoms with Crippen molar-refractivity contribution in [2.24, 2.45) is 0 Å². The van der Waals surface area contributed by atoms with Gasteiger partial charge >= 0.3 is 0 Å². The van der Waals surface area contributed by atoms with Gasteiger partial charge in [-0.25, -0.2) is 9.37 Å². The Labute approximate surface area is 114 Å². The van der Waals surface area contributed by atoms with Crippen LogP contribution in [0, 0.1) is 12.7 Å². The molecule has 2 aromatic rings. The summed E-state index contributed by atoms with van der Waals surface area (Å²) in [5, 5.41) is 2.48. The van der Waals surface area contributed by atoms with Crippen molar-refractivity contribution in [3.05, 3.63) is 52.4 Å². The summed E-state index contributed by atoms with van der Waals surface area (Å²) in [4.78, 5) is 15.9. The predicted molar refractivity (Wildman–Crippen MR) is 72.7 cm³/mol. The fourth-order valence-electron chi connectivity index (χ4n) is 1.46. The Balaban J connectivity index is 2.20. The van der Waals surface area contributed by atoms with Gasteiger partial charge in [-0.05, 0) is 36.8 Å². The lowest BCUT2D eigenvalue weighted by Crippen LogP contribution is -2.13. The van der Waals surface area contributed by atoms with Crippen molar-refractivity contribution in [1.82, 2.24) is 4.98 Å². The van der Waals surface area contributed by atoms with Crippen LogP contribution in [0.2, 0.25) is 5.02 Å². The minimum atomic E-state index is -0.570. The van der Waals surface area contributed by atoms with Crippen LogP contribution in [0.1, 0.15) is 15.9 Å². The first-order valence-corrected chi connectivity index (χ1v) is 5.83. The first kappa shape index (κ1) is 13.3. The van der Waals surface area contributed by atoms with Gasteiger partial charge in [-0.15, -0.1) is 0 Å². The zero-order valence-electron chi connectivity index (χ0n) is 10.1. The Kier molecular flexibility index (Phi) is 3.66. The Morgan fingerprint density at radius 3 is 2.79 bits per heavy atom. The van der Waals surface area contributed by atoms with Crippen molar-refractivity contribution in [1.29, 1.82) is 0 Å². The van der Waals surface area contributed by atoms with Gasteiger partial charge in [-0.3, -0.25) is 4.79 Å². The second-order valence-electron chi connectivity index (χ2n) is 4.01. The van der Waals surface area contributed by atoms with Gasteiger partial charge in [0.2, 0.25) is 0 Å². The first-order chi connectivity index (χ1) is 8.97. The van der Waals surface area contributed by atoms with E-state index in [0.717, 1.165) is 11.6 Å². The maximum absolute atomic E-state index is 13.0. The van der Waals surface area contributed by atoms with Gasteiger partial charge in [0, 0.05) is 5.56 Å². The van der Waals surface area contributed by atoms with Crippen LogP contribution in [0.5, 0.6) is 0 Å². The standard InChI is InChI=1S/C13H11ClFN3O/c1-7-4-12(17-6-11(7)16)18-13(19)8-2-3-10(15)9(14)5-8/h2-6H,16H2,1H3,(H,17,18,19). The molecule has 4 nitrogen and oxygen atoms in total. The highest BCUT2D eigenvalue weighted by Crippen LogP contribution is 2.18. The molecule has 0 aliphatic carbocycles. The van der Waals surface area contributed by atoms with E-state index in [1.54, 1.807) is 13.0 Å². The molecule has 2 rings (SSSR count). The van der Waals surface area contributed by atoms with Crippen LogP contribution in [0.4, 0.5) is 15.9 Å². The first-order valence-electron chi connectivity index (χ1n) is 5.46. The van der Waals surface area contributed by atoms with Crippen LogP contribution in [0.15, 0.2) is 30.5 Å². The van der Waals surface area contributed by atoms with Crippen LogP contribution in [0.3, 0.4) is 0 Å². The molecule has 3 N–H and O–H groups in total. The number of carbonyl (C=O) groups is 1. The number of nitrogen functional groups attached to an aromatic ring is 1. The lowest BCUT2D eigenvalue weighted by molar-refractivity contribution is 0.102. The number of carbonyl (C=O) groups excluding carboxylic acids is 1. The summed E-state index contributed by atoms with van der Waals surface area (Å²) in [6, 6.07) is 5.40. The summed E-state index contributed by atoms with van der Waals surface area (Å²) >= 11 is 5.62. The van der Waals surface area contributed by atoms with Gasteiger partial charge in [0.15, 0.2) is 0 Å². The van der Waals surface area contributed by atoms with Crippen LogP contribution >= 0.6 is 11.6 Å². The predicted octanol–water partition coefficient (Wildman–Crippen LogP) is 3.02. The topological polar surface area (TPSA) is 68.0 Å². The third-order valence-corrected chi connectivity index (χ3v) is 2.86. The number of aryl methyl sites for hydroxylation is 1. The maximum Gasteiger partial charge on any atom is 0.256 e. The molecule has 0 bridgehead atoms. The normalized spacial score (nSPS) is 10.3. The van der Waals surface area contributed by atoms with Crippen molar-refractivity contribution in [3.63, 3.8) is 0 Å². The molecule has 0 aliphatic rings.